The van der Waals surface area contributed by atoms with Gasteiger partial charge in [-0.1, -0.05) is 26.8 Å². The van der Waals surface area contributed by atoms with Gasteiger partial charge in [0.1, 0.15) is 5.60 Å². The van der Waals surface area contributed by atoms with Gasteiger partial charge in [0.2, 0.25) is 0 Å². The van der Waals surface area contributed by atoms with Crippen molar-refractivity contribution < 1.29 is 14.0 Å². The molecular formula is C17H33NO3Si. The molecule has 1 aliphatic rings. The molecule has 128 valence electrons. The summed E-state index contributed by atoms with van der Waals surface area (Å²) in [5.74, 6) is 0.168. The van der Waals surface area contributed by atoms with Crippen LogP contribution >= 0.6 is 0 Å². The van der Waals surface area contributed by atoms with Crippen LogP contribution < -0.4 is 0 Å². The third-order valence-electron chi connectivity index (χ3n) is 4.52. The SMILES string of the molecule is C=CC1CN(C(=O)OC(C)(C)C)CC1O[Si](C)(C)C(C)(C)C. The van der Waals surface area contributed by atoms with Crippen molar-refractivity contribution >= 4 is 14.4 Å². The summed E-state index contributed by atoms with van der Waals surface area (Å²) < 4.78 is 12.0. The zero-order chi connectivity index (χ0) is 17.3. The van der Waals surface area contributed by atoms with Gasteiger partial charge in [0.25, 0.3) is 0 Å². The van der Waals surface area contributed by atoms with Gasteiger partial charge in [0.05, 0.1) is 6.10 Å². The third-order valence-corrected chi connectivity index (χ3v) is 9.02. The number of rotatable bonds is 3. The molecule has 0 aromatic carbocycles. The minimum absolute atomic E-state index is 0.0194. The summed E-state index contributed by atoms with van der Waals surface area (Å²) in [7, 11) is -1.87. The van der Waals surface area contributed by atoms with Gasteiger partial charge in [-0.15, -0.1) is 6.58 Å². The lowest BCUT2D eigenvalue weighted by Crippen LogP contribution is -2.46. The lowest BCUT2D eigenvalue weighted by atomic mass is 10.1. The summed E-state index contributed by atoms with van der Waals surface area (Å²) in [6.07, 6.45) is 1.66. The zero-order valence-electron chi connectivity index (χ0n) is 15.5. The second-order valence-corrected chi connectivity index (χ2v) is 13.5. The first-order valence-electron chi connectivity index (χ1n) is 8.05. The Bertz CT molecular complexity index is 421. The number of ether oxygens (including phenoxy) is 1. The summed E-state index contributed by atoms with van der Waals surface area (Å²) >= 11 is 0. The van der Waals surface area contributed by atoms with Crippen molar-refractivity contribution in [3.8, 4) is 0 Å². The molecule has 1 amide bonds. The number of nitrogens with zero attached hydrogens (tertiary/aromatic N) is 1. The molecule has 1 fully saturated rings. The molecule has 22 heavy (non-hydrogen) atoms. The minimum Gasteiger partial charge on any atom is -0.444 e. The molecule has 5 heteroatoms. The van der Waals surface area contributed by atoms with Crippen molar-refractivity contribution in [1.29, 1.82) is 0 Å². The fourth-order valence-corrected chi connectivity index (χ4v) is 3.54. The lowest BCUT2D eigenvalue weighted by Gasteiger charge is -2.39. The first kappa shape index (κ1) is 19.2. The number of carbonyl (C=O) groups excluding carboxylic acids is 1. The molecule has 0 bridgehead atoms. The van der Waals surface area contributed by atoms with Gasteiger partial charge in [0.15, 0.2) is 8.32 Å². The van der Waals surface area contributed by atoms with Gasteiger partial charge in [-0.3, -0.25) is 0 Å². The van der Waals surface area contributed by atoms with Gasteiger partial charge in [-0.2, -0.15) is 0 Å². The minimum atomic E-state index is -1.87. The van der Waals surface area contributed by atoms with Crippen molar-refractivity contribution in [2.45, 2.75) is 71.4 Å². The number of likely N-dealkylation sites (tertiary alicyclic amines) is 1. The predicted octanol–water partition coefficient (Wildman–Crippen LogP) is 4.43. The average Bonchev–Trinajstić information content (AvgIpc) is 2.67. The first-order valence-corrected chi connectivity index (χ1v) is 11.0. The summed E-state index contributed by atoms with van der Waals surface area (Å²) in [5.41, 5.74) is -0.473. The number of hydrogen-bond donors (Lipinski definition) is 0. The Balaban J connectivity index is 2.78. The Morgan fingerprint density at radius 2 is 1.73 bits per heavy atom. The van der Waals surface area contributed by atoms with E-state index in [4.69, 9.17) is 9.16 Å². The van der Waals surface area contributed by atoms with E-state index in [9.17, 15) is 4.79 Å². The maximum atomic E-state index is 12.3. The van der Waals surface area contributed by atoms with Crippen molar-refractivity contribution in [2.24, 2.45) is 5.92 Å². The molecule has 2 unspecified atom stereocenters. The smallest absolute Gasteiger partial charge is 0.410 e. The monoisotopic (exact) mass is 327 g/mol. The maximum Gasteiger partial charge on any atom is 0.410 e. The van der Waals surface area contributed by atoms with Gasteiger partial charge < -0.3 is 14.1 Å². The first-order chi connectivity index (χ1) is 9.77. The Labute approximate surface area is 137 Å². The van der Waals surface area contributed by atoms with E-state index in [0.29, 0.717) is 13.1 Å². The summed E-state index contributed by atoms with van der Waals surface area (Å²) in [5, 5.41) is 0.151. The van der Waals surface area contributed by atoms with Crippen LogP contribution in [0, 0.1) is 5.92 Å². The molecule has 1 saturated heterocycles. The molecule has 0 aromatic heterocycles. The fraction of sp³-hybridized carbons (Fsp3) is 0.824. The number of hydrogen-bond acceptors (Lipinski definition) is 3. The van der Waals surface area contributed by atoms with Crippen LogP contribution in [-0.4, -0.2) is 44.1 Å². The Morgan fingerprint density at radius 1 is 1.18 bits per heavy atom. The Morgan fingerprint density at radius 3 is 2.14 bits per heavy atom. The van der Waals surface area contributed by atoms with Crippen LogP contribution in [0.5, 0.6) is 0 Å². The maximum absolute atomic E-state index is 12.3. The van der Waals surface area contributed by atoms with E-state index in [1.807, 2.05) is 26.8 Å². The van der Waals surface area contributed by atoms with Gasteiger partial charge in [-0.05, 0) is 38.9 Å². The van der Waals surface area contributed by atoms with Crippen molar-refractivity contribution in [1.82, 2.24) is 4.90 Å². The van der Waals surface area contributed by atoms with Gasteiger partial charge in [0, 0.05) is 19.0 Å². The highest BCUT2D eigenvalue weighted by Gasteiger charge is 2.44. The third kappa shape index (κ3) is 4.85. The van der Waals surface area contributed by atoms with E-state index >= 15 is 0 Å². The van der Waals surface area contributed by atoms with E-state index in [-0.39, 0.29) is 23.2 Å². The van der Waals surface area contributed by atoms with Crippen molar-refractivity contribution in [3.63, 3.8) is 0 Å². The number of carbonyl (C=O) groups is 1. The van der Waals surface area contributed by atoms with Crippen LogP contribution in [0.2, 0.25) is 18.1 Å². The highest BCUT2D eigenvalue weighted by molar-refractivity contribution is 6.74. The topological polar surface area (TPSA) is 38.8 Å². The molecule has 0 N–H and O–H groups in total. The van der Waals surface area contributed by atoms with Crippen molar-refractivity contribution in [2.75, 3.05) is 13.1 Å². The molecule has 2 atom stereocenters. The second kappa shape index (κ2) is 6.36. The van der Waals surface area contributed by atoms with Crippen LogP contribution in [0.15, 0.2) is 12.7 Å². The highest BCUT2D eigenvalue weighted by Crippen LogP contribution is 2.39. The molecule has 0 radical (unpaired) electrons. The Hall–Kier alpha value is -0.813. The number of amides is 1. The molecule has 1 heterocycles. The van der Waals surface area contributed by atoms with Crippen molar-refractivity contribution in [3.05, 3.63) is 12.7 Å². The normalized spacial score (nSPS) is 23.5. The largest absolute Gasteiger partial charge is 0.444 e. The summed E-state index contributed by atoms with van der Waals surface area (Å²) in [6, 6.07) is 0. The van der Waals surface area contributed by atoms with E-state index in [1.165, 1.54) is 0 Å². The quantitative estimate of drug-likeness (QED) is 0.568. The zero-order valence-corrected chi connectivity index (χ0v) is 16.5. The molecule has 0 aromatic rings. The second-order valence-electron chi connectivity index (χ2n) is 8.70. The Kier molecular flexibility index (Phi) is 5.56. The van der Waals surface area contributed by atoms with Crippen LogP contribution in [0.1, 0.15) is 41.5 Å². The molecule has 1 aliphatic heterocycles. The lowest BCUT2D eigenvalue weighted by molar-refractivity contribution is 0.0272. The molecule has 0 saturated carbocycles. The summed E-state index contributed by atoms with van der Waals surface area (Å²) in [6.45, 7) is 21.9. The van der Waals surface area contributed by atoms with Crippen LogP contribution in [0.25, 0.3) is 0 Å². The molecule has 0 aliphatic carbocycles. The standard InChI is InChI=1S/C17H33NO3Si/c1-10-13-11-18(15(19)20-16(2,3)4)12-14(13)21-22(8,9)17(5,6)7/h10,13-14H,1,11-12H2,2-9H3. The highest BCUT2D eigenvalue weighted by atomic mass is 28.4. The molecule has 4 nitrogen and oxygen atoms in total. The average molecular weight is 328 g/mol. The summed E-state index contributed by atoms with van der Waals surface area (Å²) in [4.78, 5) is 14.0. The predicted molar refractivity (Wildman–Crippen MR) is 93.6 cm³/mol. The fourth-order valence-electron chi connectivity index (χ4n) is 2.18. The van der Waals surface area contributed by atoms with Crippen LogP contribution in [0.3, 0.4) is 0 Å². The van der Waals surface area contributed by atoms with E-state index in [2.05, 4.69) is 40.4 Å². The van der Waals surface area contributed by atoms with Gasteiger partial charge >= 0.3 is 6.09 Å². The molecular weight excluding hydrogens is 294 g/mol. The molecule has 1 rings (SSSR count). The van der Waals surface area contributed by atoms with Crippen LogP contribution in [0.4, 0.5) is 4.79 Å². The van der Waals surface area contributed by atoms with Gasteiger partial charge in [-0.25, -0.2) is 4.79 Å². The van der Waals surface area contributed by atoms with E-state index in [1.54, 1.807) is 4.90 Å². The molecule has 0 spiro atoms. The van der Waals surface area contributed by atoms with Crippen LogP contribution in [-0.2, 0) is 9.16 Å². The van der Waals surface area contributed by atoms with E-state index in [0.717, 1.165) is 0 Å². The van der Waals surface area contributed by atoms with E-state index < -0.39 is 13.9 Å².